The van der Waals surface area contributed by atoms with Gasteiger partial charge in [-0.3, -0.25) is 62.3 Å². The van der Waals surface area contributed by atoms with E-state index in [4.69, 9.17) is 40.1 Å². The van der Waals surface area contributed by atoms with Crippen molar-refractivity contribution >= 4 is 120 Å². The standard InChI is InChI=1S/C94H139N23O13/c1-56(2)46-77(112-92(128)80(49-60-53-103-68-31-11-7-27-64(60)68)114-84(120)72(106-58(5)118)35-15-21-41-96)89(125)109-74(37-17-23-43-98)86(122)108-75(38-18-24-44-99)87(123)115-81(50-61-54-104-69-32-12-8-28-65(61)69)93(129)113-78(47-57(3)4)90(126)110-76(39-19-25-45-100)88(124)116-82(51-62-55-105-70-33-13-9-29-66(62)70)94(130)117-79(48-59-52-102-67-30-10-6-26-63(59)67)91(127)111-73(36-16-22-42-97)85(121)107-71(83(101)119)34-14-20-40-95/h6-13,26-33,52-57,71-82,102-105H,14-25,34-51,95-100H2,1-5H3,(H2,101,119)(H,106,118)(H,107,121)(H,108,122)(H,109,125)(H,110,126)(H,111,127)(H,112,128)(H,113,129)(H,114,120)(H,115,123)(H,116,124)(H,117,130)/t71-,72-,73-,74-,75-,76-,77-,78-,79-,80-,81-,82-/m0/s1. The predicted molar refractivity (Wildman–Crippen MR) is 502 cm³/mol. The average molecular weight is 1800 g/mol. The number of carbonyl (C=O) groups is 13. The highest BCUT2D eigenvalue weighted by atomic mass is 16.2. The number of nitrogens with two attached hydrogens (primary N) is 7. The molecule has 0 aliphatic carbocycles. The lowest BCUT2D eigenvalue weighted by atomic mass is 9.99. The summed E-state index contributed by atoms with van der Waals surface area (Å²) < 4.78 is 0. The third kappa shape index (κ3) is 32.2. The molecule has 36 heteroatoms. The van der Waals surface area contributed by atoms with Gasteiger partial charge in [-0.25, -0.2) is 0 Å². The first-order valence-corrected chi connectivity index (χ1v) is 45.9. The van der Waals surface area contributed by atoms with E-state index >= 15 is 33.6 Å². The summed E-state index contributed by atoms with van der Waals surface area (Å²) in [5.41, 5.74) is 46.8. The first-order valence-electron chi connectivity index (χ1n) is 45.9. The van der Waals surface area contributed by atoms with E-state index in [1.807, 2.05) is 125 Å². The molecular weight excluding hydrogens is 1660 g/mol. The molecule has 0 spiro atoms. The molecule has 0 bridgehead atoms. The number of nitrogens with one attached hydrogen (secondary N) is 16. The van der Waals surface area contributed by atoms with Gasteiger partial charge in [-0.1, -0.05) is 100 Å². The Labute approximate surface area is 759 Å². The van der Waals surface area contributed by atoms with Gasteiger partial charge in [-0.2, -0.15) is 0 Å². The van der Waals surface area contributed by atoms with Crippen molar-refractivity contribution < 1.29 is 62.3 Å². The van der Waals surface area contributed by atoms with Crippen LogP contribution >= 0.6 is 0 Å². The minimum Gasteiger partial charge on any atom is -0.368 e. The molecule has 0 aliphatic heterocycles. The second kappa shape index (κ2) is 53.8. The Balaban J connectivity index is 1.07. The molecule has 4 heterocycles. The molecule has 0 saturated carbocycles. The third-order valence-electron chi connectivity index (χ3n) is 23.2. The van der Waals surface area contributed by atoms with Gasteiger partial charge in [-0.05, 0) is 226 Å². The predicted octanol–water partition coefficient (Wildman–Crippen LogP) is 3.07. The van der Waals surface area contributed by atoms with Crippen LogP contribution in [0, 0.1) is 11.8 Å². The first-order chi connectivity index (χ1) is 62.6. The molecule has 8 rings (SSSR count). The highest BCUT2D eigenvalue weighted by Gasteiger charge is 2.39. The molecule has 0 saturated heterocycles. The van der Waals surface area contributed by atoms with Crippen LogP contribution in [0.2, 0.25) is 0 Å². The van der Waals surface area contributed by atoms with E-state index in [0.717, 1.165) is 32.7 Å². The number of hydrogen-bond donors (Lipinski definition) is 23. The van der Waals surface area contributed by atoms with Crippen molar-refractivity contribution in [3.8, 4) is 0 Å². The first kappa shape index (κ1) is 103. The summed E-state index contributed by atoms with van der Waals surface area (Å²) in [6.45, 7) is 10.3. The molecule has 36 nitrogen and oxygen atoms in total. The number of carbonyl (C=O) groups excluding carboxylic acids is 13. The van der Waals surface area contributed by atoms with Gasteiger partial charge in [0.05, 0.1) is 0 Å². The molecule has 8 aromatic rings. The molecule has 4 aromatic carbocycles. The van der Waals surface area contributed by atoms with Gasteiger partial charge in [0.2, 0.25) is 76.8 Å². The minimum atomic E-state index is -1.47. The number of unbranched alkanes of at least 4 members (excludes halogenated alkanes) is 6. The van der Waals surface area contributed by atoms with Gasteiger partial charge in [0, 0.05) is 101 Å². The van der Waals surface area contributed by atoms with Gasteiger partial charge in [0.1, 0.15) is 72.5 Å². The second-order valence-electron chi connectivity index (χ2n) is 34.5. The van der Waals surface area contributed by atoms with Crippen LogP contribution in [0.25, 0.3) is 43.6 Å². The molecule has 30 N–H and O–H groups in total. The maximum atomic E-state index is 15.6. The molecule has 0 radical (unpaired) electrons. The molecule has 12 atom stereocenters. The van der Waals surface area contributed by atoms with Crippen molar-refractivity contribution in [3.63, 3.8) is 0 Å². The Morgan fingerprint density at radius 1 is 0.254 bits per heavy atom. The summed E-state index contributed by atoms with van der Waals surface area (Å²) in [6, 6.07) is 13.7. The topological polar surface area (TPSA) is 612 Å². The molecule has 0 fully saturated rings. The van der Waals surface area contributed by atoms with Crippen LogP contribution < -0.4 is 104 Å². The van der Waals surface area contributed by atoms with Crippen molar-refractivity contribution in [2.75, 3.05) is 39.3 Å². The van der Waals surface area contributed by atoms with Crippen LogP contribution in [0.5, 0.6) is 0 Å². The summed E-state index contributed by atoms with van der Waals surface area (Å²) in [5, 5.41) is 37.4. The summed E-state index contributed by atoms with van der Waals surface area (Å²) in [6.07, 6.45) is 12.2. The fourth-order valence-electron chi connectivity index (χ4n) is 16.2. The van der Waals surface area contributed by atoms with Crippen LogP contribution in [-0.2, 0) is 88.0 Å². The van der Waals surface area contributed by atoms with Gasteiger partial charge >= 0.3 is 0 Å². The zero-order chi connectivity index (χ0) is 94.2. The Hall–Kier alpha value is -12.1. The largest absolute Gasteiger partial charge is 0.368 e. The summed E-state index contributed by atoms with van der Waals surface area (Å²) in [7, 11) is 0. The van der Waals surface area contributed by atoms with Gasteiger partial charge in [0.15, 0.2) is 0 Å². The van der Waals surface area contributed by atoms with Gasteiger partial charge < -0.3 is 124 Å². The molecule has 13 amide bonds. The van der Waals surface area contributed by atoms with Crippen molar-refractivity contribution in [2.24, 2.45) is 52.0 Å². The number of rotatable bonds is 60. The van der Waals surface area contributed by atoms with E-state index in [1.54, 1.807) is 24.8 Å². The quantitative estimate of drug-likeness (QED) is 0.0244. The zero-order valence-electron chi connectivity index (χ0n) is 75.7. The number of para-hydroxylation sites is 4. The van der Waals surface area contributed by atoms with E-state index in [1.165, 1.54) is 6.92 Å². The third-order valence-corrected chi connectivity index (χ3v) is 23.2. The molecule has 0 unspecified atom stereocenters. The van der Waals surface area contributed by atoms with Gasteiger partial charge in [-0.15, -0.1) is 0 Å². The van der Waals surface area contributed by atoms with E-state index in [2.05, 4.69) is 83.7 Å². The van der Waals surface area contributed by atoms with Crippen molar-refractivity contribution in [1.29, 1.82) is 0 Å². The highest BCUT2D eigenvalue weighted by molar-refractivity contribution is 6.01. The monoisotopic (exact) mass is 1800 g/mol. The summed E-state index contributed by atoms with van der Waals surface area (Å²) >= 11 is 0. The number of benzene rings is 4. The highest BCUT2D eigenvalue weighted by Crippen LogP contribution is 2.26. The lowest BCUT2D eigenvalue weighted by Gasteiger charge is -2.29. The lowest BCUT2D eigenvalue weighted by Crippen LogP contribution is -2.61. The minimum absolute atomic E-state index is 0.000780. The van der Waals surface area contributed by atoms with Crippen molar-refractivity contribution in [2.45, 2.75) is 261 Å². The number of fused-ring (bicyclic) bond motifs is 4. The van der Waals surface area contributed by atoms with E-state index in [0.29, 0.717) is 123 Å². The summed E-state index contributed by atoms with van der Waals surface area (Å²) in [4.78, 5) is 204. The van der Waals surface area contributed by atoms with Crippen molar-refractivity contribution in [3.05, 3.63) is 144 Å². The maximum Gasteiger partial charge on any atom is 0.243 e. The Bertz CT molecular complexity index is 5020. The average Bonchev–Trinajstić information content (AvgIpc) is 1.76. The Morgan fingerprint density at radius 2 is 0.438 bits per heavy atom. The number of aromatic amines is 4. The van der Waals surface area contributed by atoms with E-state index in [-0.39, 0.29) is 115 Å². The molecule has 130 heavy (non-hydrogen) atoms. The molecular formula is C94H139N23O13. The normalized spacial score (nSPS) is 14.3. The Kier molecular flexibility index (Phi) is 42.7. The van der Waals surface area contributed by atoms with Crippen molar-refractivity contribution in [1.82, 2.24) is 83.7 Å². The zero-order valence-corrected chi connectivity index (χ0v) is 75.7. The second-order valence-corrected chi connectivity index (χ2v) is 34.5. The van der Waals surface area contributed by atoms with Crippen LogP contribution in [0.4, 0.5) is 0 Å². The number of amides is 13. The fourth-order valence-corrected chi connectivity index (χ4v) is 16.2. The maximum absolute atomic E-state index is 15.6. The number of H-pyrrole nitrogens is 4. The van der Waals surface area contributed by atoms with Crippen LogP contribution in [0.15, 0.2) is 122 Å². The Morgan fingerprint density at radius 3 is 0.654 bits per heavy atom. The number of primary amides is 1. The van der Waals surface area contributed by atoms with E-state index < -0.39 is 149 Å². The van der Waals surface area contributed by atoms with Crippen LogP contribution in [-0.4, -0.2) is 208 Å². The molecule has 4 aromatic heterocycles. The summed E-state index contributed by atoms with van der Waals surface area (Å²) in [5.74, 6) is -10.1. The van der Waals surface area contributed by atoms with Gasteiger partial charge in [0.25, 0.3) is 0 Å². The molecule has 708 valence electrons. The van der Waals surface area contributed by atoms with Crippen LogP contribution in [0.1, 0.15) is 185 Å². The SMILES string of the molecule is CC(=O)N[C@@H](CCCCN)C(=O)N[C@@H](Cc1c[nH]c2ccccc12)C(=O)N[C@@H](CC(C)C)C(=O)N[C@@H](CCCCN)C(=O)N[C@@H](CCCCN)C(=O)N[C@@H](Cc1c[nH]c2ccccc12)C(=O)N[C@@H](CC(C)C)C(=O)N[C@@H](CCCCN)C(=O)N[C@@H](Cc1c[nH]c2ccccc12)C(=O)N[C@@H](Cc1c[nH]c2ccccc12)C(=O)N[C@@H](CCCCN)C(=O)N[C@@H](CCCCN)C(N)=O. The number of hydrogen-bond acceptors (Lipinski definition) is 19. The lowest BCUT2D eigenvalue weighted by molar-refractivity contribution is -0.136. The fraction of sp³-hybridized carbons (Fsp3) is 0.521. The van der Waals surface area contributed by atoms with Crippen LogP contribution in [0.3, 0.4) is 0 Å². The van der Waals surface area contributed by atoms with E-state index in [9.17, 15) is 28.8 Å². The number of aromatic nitrogens is 4. The molecule has 0 aliphatic rings. The smallest absolute Gasteiger partial charge is 0.243 e.